The summed E-state index contributed by atoms with van der Waals surface area (Å²) >= 11 is 0. The van der Waals surface area contributed by atoms with E-state index >= 15 is 0 Å². The van der Waals surface area contributed by atoms with E-state index in [0.29, 0.717) is 18.8 Å². The molecule has 4 atom stereocenters. The van der Waals surface area contributed by atoms with Gasteiger partial charge in [-0.2, -0.15) is 0 Å². The molecule has 0 amide bonds. The number of hydrogen-bond donors (Lipinski definition) is 1. The minimum Gasteiger partial charge on any atom is -0.389 e. The molecular formula is C19H24O2. The van der Waals surface area contributed by atoms with Gasteiger partial charge in [0, 0.05) is 15.9 Å². The average Bonchev–Trinajstić information content (AvgIpc) is 2.79. The molecule has 0 aromatic carbocycles. The second-order valence-electron chi connectivity index (χ2n) is 7.34. The van der Waals surface area contributed by atoms with E-state index in [1.807, 2.05) is 13.0 Å². The van der Waals surface area contributed by atoms with E-state index < -0.39 is 17.9 Å². The largest absolute Gasteiger partial charge is 0.389 e. The summed E-state index contributed by atoms with van der Waals surface area (Å²) in [6, 6.07) is 0. The van der Waals surface area contributed by atoms with Gasteiger partial charge >= 0.3 is 0 Å². The summed E-state index contributed by atoms with van der Waals surface area (Å²) in [5, 5.41) is 11.1. The molecule has 0 saturated heterocycles. The Morgan fingerprint density at radius 1 is 1.33 bits per heavy atom. The van der Waals surface area contributed by atoms with Crippen LogP contribution in [0.1, 0.15) is 56.4 Å². The summed E-state index contributed by atoms with van der Waals surface area (Å²) in [5.41, 5.74) is 1.41. The first-order chi connectivity index (χ1) is 11.2. The maximum atomic E-state index is 11.7. The molecule has 4 aliphatic rings. The zero-order chi connectivity index (χ0) is 17.3. The van der Waals surface area contributed by atoms with Crippen molar-refractivity contribution in [3.8, 4) is 0 Å². The van der Waals surface area contributed by atoms with Crippen LogP contribution in [0.15, 0.2) is 34.9 Å². The quantitative estimate of drug-likeness (QED) is 0.738. The summed E-state index contributed by atoms with van der Waals surface area (Å²) in [7, 11) is 0. The van der Waals surface area contributed by atoms with Crippen LogP contribution in [0.4, 0.5) is 0 Å². The van der Waals surface area contributed by atoms with Gasteiger partial charge in [-0.25, -0.2) is 0 Å². The maximum Gasteiger partial charge on any atom is 0.156 e. The van der Waals surface area contributed by atoms with E-state index in [1.165, 1.54) is 16.7 Å². The van der Waals surface area contributed by atoms with Crippen molar-refractivity contribution in [1.29, 1.82) is 0 Å². The highest BCUT2D eigenvalue weighted by Crippen LogP contribution is 2.60. The standard InChI is InChI=1S/C19H24O2/c1-18-9-7-15-14-6-4-13(20)11-12(14)3-5-16(15)17(18)8-10-19(18,2)21/h7,9,11,16-17,21H,3-6,8,10H2,1-2H3/t16-,17+,18+,19+/m1/s1/i2T3. The van der Waals surface area contributed by atoms with Gasteiger partial charge < -0.3 is 5.11 Å². The van der Waals surface area contributed by atoms with Crippen LogP contribution in [0.2, 0.25) is 0 Å². The van der Waals surface area contributed by atoms with E-state index in [-0.39, 0.29) is 11.7 Å². The van der Waals surface area contributed by atoms with Gasteiger partial charge in [0.1, 0.15) is 0 Å². The molecule has 112 valence electrons. The Morgan fingerprint density at radius 3 is 3.00 bits per heavy atom. The first kappa shape index (κ1) is 10.6. The molecule has 0 aliphatic heterocycles. The summed E-state index contributed by atoms with van der Waals surface area (Å²) < 4.78 is 23.6. The number of rotatable bonds is 0. The minimum absolute atomic E-state index is 0.162. The summed E-state index contributed by atoms with van der Waals surface area (Å²) in [6.07, 6.45) is 10.1. The van der Waals surface area contributed by atoms with Gasteiger partial charge in [-0.05, 0) is 73.6 Å². The zero-order valence-corrected chi connectivity index (χ0v) is 12.5. The third kappa shape index (κ3) is 1.72. The lowest BCUT2D eigenvalue weighted by atomic mass is 9.58. The normalized spacial score (nSPS) is 47.8. The predicted molar refractivity (Wildman–Crippen MR) is 82.7 cm³/mol. The van der Waals surface area contributed by atoms with Crippen LogP contribution in [0.3, 0.4) is 0 Å². The molecule has 1 fully saturated rings. The van der Waals surface area contributed by atoms with Gasteiger partial charge in [0.05, 0.1) is 5.60 Å². The van der Waals surface area contributed by atoms with Crippen molar-refractivity contribution in [2.45, 2.75) is 57.9 Å². The first-order valence-electron chi connectivity index (χ1n) is 9.56. The number of carbonyl (C=O) groups is 1. The van der Waals surface area contributed by atoms with Crippen LogP contribution in [-0.2, 0) is 4.79 Å². The average molecular weight is 290 g/mol. The van der Waals surface area contributed by atoms with Crippen LogP contribution in [0.25, 0.3) is 0 Å². The predicted octanol–water partition coefficient (Wildman–Crippen LogP) is 3.72. The number of allylic oxidation sites excluding steroid dienone is 5. The molecule has 21 heavy (non-hydrogen) atoms. The van der Waals surface area contributed by atoms with Crippen LogP contribution in [0, 0.1) is 17.3 Å². The molecule has 0 bridgehead atoms. The van der Waals surface area contributed by atoms with Crippen LogP contribution >= 0.6 is 0 Å². The van der Waals surface area contributed by atoms with Crippen molar-refractivity contribution in [1.82, 2.24) is 0 Å². The molecule has 4 rings (SSSR count). The maximum absolute atomic E-state index is 11.7. The van der Waals surface area contributed by atoms with Crippen LogP contribution in [-0.4, -0.2) is 16.5 Å². The molecule has 1 saturated carbocycles. The number of carbonyl (C=O) groups excluding carboxylic acids is 1. The molecule has 0 spiro atoms. The van der Waals surface area contributed by atoms with E-state index in [1.54, 1.807) is 6.08 Å². The molecule has 0 aromatic rings. The second-order valence-corrected chi connectivity index (χ2v) is 7.34. The van der Waals surface area contributed by atoms with Crippen molar-refractivity contribution < 1.29 is 14.0 Å². The Bertz CT molecular complexity index is 700. The van der Waals surface area contributed by atoms with E-state index in [0.717, 1.165) is 25.7 Å². The molecular weight excluding hydrogens is 260 g/mol. The van der Waals surface area contributed by atoms with Crippen LogP contribution < -0.4 is 0 Å². The van der Waals surface area contributed by atoms with E-state index in [2.05, 4.69) is 6.08 Å². The molecule has 0 aromatic heterocycles. The monoisotopic (exact) mass is 290 g/mol. The van der Waals surface area contributed by atoms with Gasteiger partial charge in [0.25, 0.3) is 0 Å². The number of fused-ring (bicyclic) bond motifs is 4. The van der Waals surface area contributed by atoms with Crippen molar-refractivity contribution in [3.05, 3.63) is 34.9 Å². The highest BCUT2D eigenvalue weighted by Gasteiger charge is 2.56. The first-order valence-corrected chi connectivity index (χ1v) is 8.06. The SMILES string of the molecule is [3H]C([3H])([3H])[C@]1(O)CC[C@H]2[C@@H]3CCC4=CC(=O)CCC4=C3C=C[C@@]21C. The lowest BCUT2D eigenvalue weighted by Crippen LogP contribution is -2.45. The van der Waals surface area contributed by atoms with Gasteiger partial charge in [-0.15, -0.1) is 0 Å². The highest BCUT2D eigenvalue weighted by molar-refractivity contribution is 5.93. The third-order valence-corrected chi connectivity index (χ3v) is 6.39. The third-order valence-electron chi connectivity index (χ3n) is 6.39. The molecule has 0 radical (unpaired) electrons. The minimum atomic E-state index is -2.37. The Kier molecular flexibility index (Phi) is 2.11. The van der Waals surface area contributed by atoms with Crippen molar-refractivity contribution >= 4 is 5.78 Å². The Morgan fingerprint density at radius 2 is 2.19 bits per heavy atom. The number of aliphatic hydroxyl groups is 1. The highest BCUT2D eigenvalue weighted by atomic mass is 16.3. The summed E-state index contributed by atoms with van der Waals surface area (Å²) in [5.74, 6) is 0.682. The molecule has 2 heteroatoms. The number of hydrogen-bond acceptors (Lipinski definition) is 2. The number of ketones is 1. The van der Waals surface area contributed by atoms with E-state index in [4.69, 9.17) is 4.11 Å². The molecule has 1 N–H and O–H groups in total. The zero-order valence-electron chi connectivity index (χ0n) is 15.5. The lowest BCUT2D eigenvalue weighted by Gasteiger charge is -2.47. The van der Waals surface area contributed by atoms with E-state index in [9.17, 15) is 9.90 Å². The summed E-state index contributed by atoms with van der Waals surface area (Å²) in [4.78, 5) is 11.7. The Balaban J connectivity index is 1.82. The van der Waals surface area contributed by atoms with Crippen molar-refractivity contribution in [2.75, 3.05) is 0 Å². The Hall–Kier alpha value is -1.15. The second kappa shape index (κ2) is 4.19. The van der Waals surface area contributed by atoms with Gasteiger partial charge in [-0.1, -0.05) is 19.1 Å². The van der Waals surface area contributed by atoms with Crippen molar-refractivity contribution in [3.63, 3.8) is 0 Å². The molecule has 0 heterocycles. The summed E-state index contributed by atoms with van der Waals surface area (Å²) in [6.45, 7) is -0.451. The fourth-order valence-electron chi connectivity index (χ4n) is 5.03. The topological polar surface area (TPSA) is 37.3 Å². The Labute approximate surface area is 130 Å². The smallest absolute Gasteiger partial charge is 0.156 e. The van der Waals surface area contributed by atoms with Gasteiger partial charge in [0.15, 0.2) is 5.78 Å². The fourth-order valence-corrected chi connectivity index (χ4v) is 5.03. The van der Waals surface area contributed by atoms with Gasteiger partial charge in [-0.3, -0.25) is 4.79 Å². The van der Waals surface area contributed by atoms with Crippen LogP contribution in [0.5, 0.6) is 0 Å². The fraction of sp³-hybridized carbons (Fsp3) is 0.632. The molecule has 0 unspecified atom stereocenters. The molecule has 2 nitrogen and oxygen atoms in total. The van der Waals surface area contributed by atoms with Crippen molar-refractivity contribution in [2.24, 2.45) is 17.3 Å². The molecule has 4 aliphatic carbocycles. The lowest BCUT2D eigenvalue weighted by molar-refractivity contribution is -0.114. The van der Waals surface area contributed by atoms with Gasteiger partial charge in [0.2, 0.25) is 0 Å².